The fourth-order valence-corrected chi connectivity index (χ4v) is 1.63. The maximum absolute atomic E-state index is 5.49. The molecule has 1 aliphatic rings. The first-order chi connectivity index (χ1) is 6.43. The summed E-state index contributed by atoms with van der Waals surface area (Å²) in [5.74, 6) is 0. The first-order valence-electron chi connectivity index (χ1n) is 5.31. The molecule has 0 heterocycles. The van der Waals surface area contributed by atoms with E-state index in [4.69, 9.17) is 9.57 Å². The largest absolute Gasteiger partial charge is 0.385 e. The molecule has 0 aromatic carbocycles. The Morgan fingerprint density at radius 3 is 2.69 bits per heavy atom. The predicted octanol–water partition coefficient (Wildman–Crippen LogP) is 1.88. The van der Waals surface area contributed by atoms with Gasteiger partial charge in [-0.1, -0.05) is 12.8 Å². The van der Waals surface area contributed by atoms with E-state index in [9.17, 15) is 0 Å². The van der Waals surface area contributed by atoms with E-state index in [0.717, 1.165) is 26.0 Å². The molecule has 3 nitrogen and oxygen atoms in total. The number of methoxy groups -OCH3 is 1. The summed E-state index contributed by atoms with van der Waals surface area (Å²) in [5, 5.41) is 0. The van der Waals surface area contributed by atoms with Crippen molar-refractivity contribution in [2.45, 2.75) is 44.6 Å². The summed E-state index contributed by atoms with van der Waals surface area (Å²) in [5.41, 5.74) is 3.03. The van der Waals surface area contributed by atoms with Crippen LogP contribution < -0.4 is 5.48 Å². The van der Waals surface area contributed by atoms with E-state index in [0.29, 0.717) is 6.10 Å². The van der Waals surface area contributed by atoms with Gasteiger partial charge in [0.15, 0.2) is 0 Å². The highest BCUT2D eigenvalue weighted by molar-refractivity contribution is 4.65. The van der Waals surface area contributed by atoms with Gasteiger partial charge >= 0.3 is 0 Å². The zero-order valence-electron chi connectivity index (χ0n) is 8.55. The highest BCUT2D eigenvalue weighted by atomic mass is 16.7. The van der Waals surface area contributed by atoms with Crippen LogP contribution in [0.4, 0.5) is 0 Å². The molecule has 78 valence electrons. The van der Waals surface area contributed by atoms with Crippen LogP contribution in [-0.4, -0.2) is 26.4 Å². The second-order valence-corrected chi connectivity index (χ2v) is 3.62. The van der Waals surface area contributed by atoms with Gasteiger partial charge in [0.1, 0.15) is 0 Å². The number of unbranched alkanes of at least 4 members (excludes halogenated alkanes) is 1. The van der Waals surface area contributed by atoms with Gasteiger partial charge in [-0.05, 0) is 25.7 Å². The van der Waals surface area contributed by atoms with Crippen molar-refractivity contribution in [3.63, 3.8) is 0 Å². The van der Waals surface area contributed by atoms with Crippen molar-refractivity contribution in [2.24, 2.45) is 0 Å². The Bertz CT molecular complexity index is 113. The van der Waals surface area contributed by atoms with E-state index in [1.54, 1.807) is 7.11 Å². The topological polar surface area (TPSA) is 30.5 Å². The fraction of sp³-hybridized carbons (Fsp3) is 1.00. The van der Waals surface area contributed by atoms with E-state index < -0.39 is 0 Å². The minimum Gasteiger partial charge on any atom is -0.385 e. The summed E-state index contributed by atoms with van der Waals surface area (Å²) in [6, 6.07) is 0. The number of hydroxylamine groups is 1. The van der Waals surface area contributed by atoms with Crippen molar-refractivity contribution in [1.29, 1.82) is 0 Å². The first kappa shape index (κ1) is 11.0. The molecule has 0 aromatic rings. The summed E-state index contributed by atoms with van der Waals surface area (Å²) in [6.07, 6.45) is 7.82. The third-order valence-electron chi connectivity index (χ3n) is 2.43. The van der Waals surface area contributed by atoms with Gasteiger partial charge in [0, 0.05) is 20.3 Å². The second-order valence-electron chi connectivity index (χ2n) is 3.62. The summed E-state index contributed by atoms with van der Waals surface area (Å²) in [4.78, 5) is 5.49. The van der Waals surface area contributed by atoms with Crippen LogP contribution in [0.2, 0.25) is 0 Å². The molecule has 1 fully saturated rings. The maximum Gasteiger partial charge on any atom is 0.0790 e. The lowest BCUT2D eigenvalue weighted by Gasteiger charge is -2.11. The van der Waals surface area contributed by atoms with Gasteiger partial charge in [-0.15, -0.1) is 0 Å². The molecule has 0 atom stereocenters. The Morgan fingerprint density at radius 1 is 1.23 bits per heavy atom. The fourth-order valence-electron chi connectivity index (χ4n) is 1.63. The molecule has 1 N–H and O–H groups in total. The molecule has 0 saturated heterocycles. The molecule has 1 rings (SSSR count). The lowest BCUT2D eigenvalue weighted by atomic mass is 10.3. The highest BCUT2D eigenvalue weighted by Gasteiger charge is 2.14. The molecular weight excluding hydrogens is 166 g/mol. The molecule has 0 aliphatic heterocycles. The number of rotatable bonds is 7. The molecule has 13 heavy (non-hydrogen) atoms. The number of ether oxygens (including phenoxy) is 1. The van der Waals surface area contributed by atoms with Crippen LogP contribution >= 0.6 is 0 Å². The number of nitrogens with one attached hydrogen (secondary N) is 1. The van der Waals surface area contributed by atoms with Crippen LogP contribution in [0, 0.1) is 0 Å². The van der Waals surface area contributed by atoms with E-state index in [1.165, 1.54) is 25.7 Å². The molecule has 0 amide bonds. The monoisotopic (exact) mass is 187 g/mol. The van der Waals surface area contributed by atoms with Gasteiger partial charge in [0.25, 0.3) is 0 Å². The zero-order chi connectivity index (χ0) is 9.36. The molecule has 3 heteroatoms. The van der Waals surface area contributed by atoms with Gasteiger partial charge in [0.05, 0.1) is 6.10 Å². The summed E-state index contributed by atoms with van der Waals surface area (Å²) < 4.78 is 4.95. The summed E-state index contributed by atoms with van der Waals surface area (Å²) in [6.45, 7) is 1.80. The van der Waals surface area contributed by atoms with Crippen LogP contribution in [0.5, 0.6) is 0 Å². The zero-order valence-corrected chi connectivity index (χ0v) is 8.55. The van der Waals surface area contributed by atoms with E-state index in [-0.39, 0.29) is 0 Å². The molecule has 1 aliphatic carbocycles. The van der Waals surface area contributed by atoms with Gasteiger partial charge in [-0.2, -0.15) is 0 Å². The van der Waals surface area contributed by atoms with Crippen LogP contribution in [0.15, 0.2) is 0 Å². The predicted molar refractivity (Wildman–Crippen MR) is 52.5 cm³/mol. The molecule has 0 radical (unpaired) electrons. The molecule has 0 unspecified atom stereocenters. The Hall–Kier alpha value is -0.120. The Morgan fingerprint density at radius 2 is 2.00 bits per heavy atom. The second kappa shape index (κ2) is 7.30. The Kier molecular flexibility index (Phi) is 6.15. The first-order valence-corrected chi connectivity index (χ1v) is 5.31. The third kappa shape index (κ3) is 5.24. The standard InChI is InChI=1S/C10H21NO2/c1-12-9-5-4-8-11-13-10-6-2-3-7-10/h10-11H,2-9H2,1H3. The van der Waals surface area contributed by atoms with Crippen molar-refractivity contribution in [3.8, 4) is 0 Å². The quantitative estimate of drug-likeness (QED) is 0.487. The Labute approximate surface area is 80.7 Å². The molecule has 0 bridgehead atoms. The van der Waals surface area contributed by atoms with Crippen LogP contribution in [-0.2, 0) is 9.57 Å². The highest BCUT2D eigenvalue weighted by Crippen LogP contribution is 2.19. The smallest absolute Gasteiger partial charge is 0.0790 e. The lowest BCUT2D eigenvalue weighted by molar-refractivity contribution is -0.0214. The van der Waals surface area contributed by atoms with E-state index in [1.807, 2.05) is 0 Å². The van der Waals surface area contributed by atoms with E-state index >= 15 is 0 Å². The van der Waals surface area contributed by atoms with Gasteiger partial charge in [0.2, 0.25) is 0 Å². The van der Waals surface area contributed by atoms with Crippen molar-refractivity contribution < 1.29 is 9.57 Å². The number of hydrogen-bond acceptors (Lipinski definition) is 3. The molecule has 1 saturated carbocycles. The minimum absolute atomic E-state index is 0.474. The Balaban J connectivity index is 1.78. The number of hydrogen-bond donors (Lipinski definition) is 1. The van der Waals surface area contributed by atoms with Gasteiger partial charge in [-0.3, -0.25) is 4.84 Å². The molecule has 0 spiro atoms. The van der Waals surface area contributed by atoms with E-state index in [2.05, 4.69) is 5.48 Å². The maximum atomic E-state index is 5.49. The third-order valence-corrected chi connectivity index (χ3v) is 2.43. The van der Waals surface area contributed by atoms with Gasteiger partial charge in [-0.25, -0.2) is 5.48 Å². The lowest BCUT2D eigenvalue weighted by Crippen LogP contribution is -2.22. The van der Waals surface area contributed by atoms with Crippen LogP contribution in [0.25, 0.3) is 0 Å². The normalized spacial score (nSPS) is 18.2. The average molecular weight is 187 g/mol. The molecule has 0 aromatic heterocycles. The average Bonchev–Trinajstić information content (AvgIpc) is 2.63. The van der Waals surface area contributed by atoms with Gasteiger partial charge < -0.3 is 4.74 Å². The SMILES string of the molecule is COCCCCNOC1CCCC1. The minimum atomic E-state index is 0.474. The summed E-state index contributed by atoms with van der Waals surface area (Å²) >= 11 is 0. The summed E-state index contributed by atoms with van der Waals surface area (Å²) in [7, 11) is 1.74. The van der Waals surface area contributed by atoms with Crippen LogP contribution in [0.1, 0.15) is 38.5 Å². The van der Waals surface area contributed by atoms with Crippen molar-refractivity contribution in [1.82, 2.24) is 5.48 Å². The van der Waals surface area contributed by atoms with Crippen molar-refractivity contribution >= 4 is 0 Å². The molecular formula is C10H21NO2. The van der Waals surface area contributed by atoms with Crippen molar-refractivity contribution in [3.05, 3.63) is 0 Å². The van der Waals surface area contributed by atoms with Crippen LogP contribution in [0.3, 0.4) is 0 Å². The van der Waals surface area contributed by atoms with Crippen molar-refractivity contribution in [2.75, 3.05) is 20.3 Å².